The first kappa shape index (κ1) is 26.7. The topological polar surface area (TPSA) is 82.9 Å². The number of nitrogens with zero attached hydrogens (tertiary/aromatic N) is 3. The second-order valence-corrected chi connectivity index (χ2v) is 15.9. The van der Waals surface area contributed by atoms with Crippen molar-refractivity contribution in [3.63, 3.8) is 0 Å². The zero-order chi connectivity index (χ0) is 25.1. The van der Waals surface area contributed by atoms with Gasteiger partial charge in [-0.1, -0.05) is 19.6 Å². The maximum Gasteiger partial charge on any atom is 0.423 e. The van der Waals surface area contributed by atoms with E-state index in [4.69, 9.17) is 14.2 Å². The van der Waals surface area contributed by atoms with E-state index in [-0.39, 0.29) is 36.3 Å². The summed E-state index contributed by atoms with van der Waals surface area (Å²) in [7, 11) is -0.00209. The van der Waals surface area contributed by atoms with E-state index in [1.165, 1.54) is 7.11 Å². The van der Waals surface area contributed by atoms with Gasteiger partial charge in [0.1, 0.15) is 12.3 Å². The number of esters is 1. The summed E-state index contributed by atoms with van der Waals surface area (Å²) in [6.07, 6.45) is -1.88. The first-order chi connectivity index (χ1) is 15.9. The molecule has 1 aromatic heterocycles. The van der Waals surface area contributed by atoms with Crippen molar-refractivity contribution in [3.05, 3.63) is 22.1 Å². The molecule has 8 nitrogen and oxygen atoms in total. The first-order valence-corrected chi connectivity index (χ1v) is 15.3. The Bertz CT molecular complexity index is 913. The lowest BCUT2D eigenvalue weighted by Crippen LogP contribution is -2.38. The van der Waals surface area contributed by atoms with Gasteiger partial charge >= 0.3 is 12.1 Å². The Labute approximate surface area is 198 Å². The van der Waals surface area contributed by atoms with Gasteiger partial charge in [0.25, 0.3) is 5.56 Å². The zero-order valence-corrected chi connectivity index (χ0v) is 21.2. The Kier molecular flexibility index (Phi) is 8.46. The second kappa shape index (κ2) is 10.8. The van der Waals surface area contributed by atoms with Crippen molar-refractivity contribution in [2.75, 3.05) is 38.3 Å². The van der Waals surface area contributed by atoms with Gasteiger partial charge in [0.05, 0.1) is 37.6 Å². The van der Waals surface area contributed by atoms with Crippen LogP contribution < -0.4 is 10.5 Å². The Morgan fingerprint density at radius 2 is 1.97 bits per heavy atom. The predicted octanol–water partition coefficient (Wildman–Crippen LogP) is 3.37. The molecule has 0 N–H and O–H groups in total. The Balaban J connectivity index is 1.60. The maximum absolute atomic E-state index is 13.9. The van der Waals surface area contributed by atoms with Gasteiger partial charge in [-0.2, -0.15) is 18.3 Å². The standard InChI is InChI=1S/C22H34F3N3O5Si/c1-31-21(30)16-9-17(10-16)33-13-15-5-6-27(12-15)18-11-26-28(14-32-7-8-34(2,3)4)20(29)19(18)22(23,24)25/h11,15-17H,5-10,12-14H2,1-4H3. The quantitative estimate of drug-likeness (QED) is 0.274. The number of carbonyl (C=O) groups is 1. The minimum atomic E-state index is -4.81. The van der Waals surface area contributed by atoms with Gasteiger partial charge in [0, 0.05) is 33.7 Å². The molecule has 1 aromatic rings. The van der Waals surface area contributed by atoms with Crippen LogP contribution in [0.25, 0.3) is 0 Å². The number of hydrogen-bond donors (Lipinski definition) is 0. The van der Waals surface area contributed by atoms with Crippen LogP contribution in [0, 0.1) is 11.8 Å². The average Bonchev–Trinajstić information content (AvgIpc) is 3.17. The van der Waals surface area contributed by atoms with Crippen molar-refractivity contribution in [2.24, 2.45) is 11.8 Å². The van der Waals surface area contributed by atoms with Crippen molar-refractivity contribution >= 4 is 19.7 Å². The summed E-state index contributed by atoms with van der Waals surface area (Å²) in [5.74, 6) is -0.345. The van der Waals surface area contributed by atoms with Gasteiger partial charge in [-0.3, -0.25) is 9.59 Å². The van der Waals surface area contributed by atoms with Crippen molar-refractivity contribution < 1.29 is 32.2 Å². The van der Waals surface area contributed by atoms with E-state index >= 15 is 0 Å². The van der Waals surface area contributed by atoms with Crippen LogP contribution in [0.1, 0.15) is 24.8 Å². The molecular weight excluding hydrogens is 471 g/mol. The summed E-state index contributed by atoms with van der Waals surface area (Å²) in [4.78, 5) is 25.7. The molecule has 1 aliphatic carbocycles. The normalized spacial score (nSPS) is 23.1. The Morgan fingerprint density at radius 1 is 1.26 bits per heavy atom. The number of ether oxygens (including phenoxy) is 3. The summed E-state index contributed by atoms with van der Waals surface area (Å²) < 4.78 is 58.3. The lowest BCUT2D eigenvalue weighted by atomic mass is 9.82. The lowest BCUT2D eigenvalue weighted by molar-refractivity contribution is -0.155. The molecule has 1 saturated carbocycles. The summed E-state index contributed by atoms with van der Waals surface area (Å²) >= 11 is 0. The van der Waals surface area contributed by atoms with Gasteiger partial charge in [-0.25, -0.2) is 4.68 Å². The Hall–Kier alpha value is -1.92. The summed E-state index contributed by atoms with van der Waals surface area (Å²) in [6.45, 7) is 7.68. The van der Waals surface area contributed by atoms with E-state index in [0.717, 1.165) is 16.9 Å². The van der Waals surface area contributed by atoms with Crippen LogP contribution in [-0.2, 0) is 31.9 Å². The largest absolute Gasteiger partial charge is 0.469 e. The smallest absolute Gasteiger partial charge is 0.423 e. The fourth-order valence-corrected chi connectivity index (χ4v) is 4.88. The first-order valence-electron chi connectivity index (χ1n) is 11.6. The van der Waals surface area contributed by atoms with Crippen LogP contribution in [-0.4, -0.2) is 63.3 Å². The molecule has 0 radical (unpaired) electrons. The van der Waals surface area contributed by atoms with Crippen molar-refractivity contribution in [1.29, 1.82) is 0 Å². The minimum absolute atomic E-state index is 0.0320. The maximum atomic E-state index is 13.9. The number of aromatic nitrogens is 2. The monoisotopic (exact) mass is 505 g/mol. The van der Waals surface area contributed by atoms with Crippen molar-refractivity contribution in [3.8, 4) is 0 Å². The van der Waals surface area contributed by atoms with Gasteiger partial charge in [0.2, 0.25) is 0 Å². The highest BCUT2D eigenvalue weighted by molar-refractivity contribution is 6.76. The number of carbonyl (C=O) groups excluding carboxylic acids is 1. The van der Waals surface area contributed by atoms with Crippen LogP contribution in [0.5, 0.6) is 0 Å². The highest BCUT2D eigenvalue weighted by atomic mass is 28.3. The van der Waals surface area contributed by atoms with Crippen LogP contribution in [0.2, 0.25) is 25.7 Å². The molecule has 1 saturated heterocycles. The van der Waals surface area contributed by atoms with Crippen molar-refractivity contribution in [2.45, 2.75) is 64.0 Å². The highest BCUT2D eigenvalue weighted by Gasteiger charge is 2.41. The third-order valence-corrected chi connectivity index (χ3v) is 8.04. The van der Waals surface area contributed by atoms with E-state index in [2.05, 4.69) is 24.7 Å². The third kappa shape index (κ3) is 6.82. The van der Waals surface area contributed by atoms with Gasteiger partial charge in [-0.15, -0.1) is 0 Å². The summed E-state index contributed by atoms with van der Waals surface area (Å²) in [5, 5.41) is 3.96. The lowest BCUT2D eigenvalue weighted by Gasteiger charge is -2.33. The number of anilines is 1. The molecule has 2 fully saturated rings. The van der Waals surface area contributed by atoms with Crippen LogP contribution >= 0.6 is 0 Å². The van der Waals surface area contributed by atoms with Crippen LogP contribution in [0.3, 0.4) is 0 Å². The molecule has 0 aromatic carbocycles. The molecule has 0 spiro atoms. The molecule has 3 rings (SSSR count). The fourth-order valence-electron chi connectivity index (χ4n) is 4.13. The van der Waals surface area contributed by atoms with E-state index in [1.807, 2.05) is 0 Å². The number of methoxy groups -OCH3 is 1. The molecule has 192 valence electrons. The summed E-state index contributed by atoms with van der Waals surface area (Å²) in [6, 6.07) is 0.841. The highest BCUT2D eigenvalue weighted by Crippen LogP contribution is 2.36. The molecular formula is C22H34F3N3O5Si. The molecule has 0 amide bonds. The molecule has 2 aliphatic rings. The third-order valence-electron chi connectivity index (χ3n) is 6.34. The van der Waals surface area contributed by atoms with Gasteiger partial charge in [0.15, 0.2) is 0 Å². The predicted molar refractivity (Wildman–Crippen MR) is 122 cm³/mol. The fraction of sp³-hybridized carbons (Fsp3) is 0.773. The average molecular weight is 506 g/mol. The van der Waals surface area contributed by atoms with E-state index in [9.17, 15) is 22.8 Å². The number of alkyl halides is 3. The SMILES string of the molecule is COC(=O)C1CC(OCC2CCN(c3cnn(COCC[Si](C)(C)C)c(=O)c3C(F)(F)F)C2)C1. The number of rotatable bonds is 10. The molecule has 1 unspecified atom stereocenters. The molecule has 0 bridgehead atoms. The van der Waals surface area contributed by atoms with E-state index < -0.39 is 25.4 Å². The van der Waals surface area contributed by atoms with E-state index in [0.29, 0.717) is 45.6 Å². The molecule has 12 heteroatoms. The molecule has 34 heavy (non-hydrogen) atoms. The molecule has 2 heterocycles. The minimum Gasteiger partial charge on any atom is -0.469 e. The molecule has 1 atom stereocenters. The zero-order valence-electron chi connectivity index (χ0n) is 20.2. The second-order valence-electron chi connectivity index (χ2n) is 10.3. The van der Waals surface area contributed by atoms with Crippen LogP contribution in [0.4, 0.5) is 18.9 Å². The van der Waals surface area contributed by atoms with Gasteiger partial charge < -0.3 is 19.1 Å². The van der Waals surface area contributed by atoms with E-state index in [1.54, 1.807) is 4.90 Å². The summed E-state index contributed by atoms with van der Waals surface area (Å²) in [5.41, 5.74) is -2.61. The Morgan fingerprint density at radius 3 is 2.59 bits per heavy atom. The van der Waals surface area contributed by atoms with Crippen LogP contribution in [0.15, 0.2) is 11.0 Å². The van der Waals surface area contributed by atoms with Gasteiger partial charge in [-0.05, 0) is 25.3 Å². The number of halogens is 3. The molecule has 1 aliphatic heterocycles. The van der Waals surface area contributed by atoms with Crippen molar-refractivity contribution in [1.82, 2.24) is 9.78 Å². The number of hydrogen-bond acceptors (Lipinski definition) is 7.